The summed E-state index contributed by atoms with van der Waals surface area (Å²) in [6.45, 7) is 1.73. The van der Waals surface area contributed by atoms with E-state index in [0.717, 1.165) is 23.9 Å². The quantitative estimate of drug-likeness (QED) is 0.730. The molecule has 1 atom stereocenters. The number of nitrogens with zero attached hydrogens (tertiary/aromatic N) is 4. The van der Waals surface area contributed by atoms with Gasteiger partial charge in [-0.1, -0.05) is 5.21 Å². The Balaban J connectivity index is 2.19. The SMILES string of the molecule is Cn1nncc1N1CCSCC1CN. The molecular weight excluding hydrogens is 198 g/mol. The predicted molar refractivity (Wildman–Crippen MR) is 58.5 cm³/mol. The molecule has 0 bridgehead atoms. The molecule has 5 nitrogen and oxygen atoms in total. The molecule has 1 aliphatic rings. The van der Waals surface area contributed by atoms with E-state index in [1.54, 1.807) is 10.9 Å². The number of thioether (sulfide) groups is 1. The van der Waals surface area contributed by atoms with Crippen LogP contribution in [0.4, 0.5) is 5.82 Å². The van der Waals surface area contributed by atoms with Crippen LogP contribution in [0.3, 0.4) is 0 Å². The molecule has 1 unspecified atom stereocenters. The van der Waals surface area contributed by atoms with Crippen LogP contribution in [0.2, 0.25) is 0 Å². The fourth-order valence-corrected chi connectivity index (χ4v) is 2.78. The number of aryl methyl sites for hydroxylation is 1. The zero-order valence-corrected chi connectivity index (χ0v) is 9.07. The van der Waals surface area contributed by atoms with Gasteiger partial charge in [0.05, 0.1) is 12.2 Å². The van der Waals surface area contributed by atoms with E-state index in [0.29, 0.717) is 12.6 Å². The van der Waals surface area contributed by atoms with E-state index in [1.165, 1.54) is 0 Å². The predicted octanol–water partition coefficient (Wildman–Crippen LogP) is -0.304. The van der Waals surface area contributed by atoms with Crippen LogP contribution in [0.1, 0.15) is 0 Å². The highest BCUT2D eigenvalue weighted by atomic mass is 32.2. The lowest BCUT2D eigenvalue weighted by molar-refractivity contribution is 0.614. The third-order valence-electron chi connectivity index (χ3n) is 2.48. The molecule has 0 saturated carbocycles. The summed E-state index contributed by atoms with van der Waals surface area (Å²) in [6, 6.07) is 0.422. The smallest absolute Gasteiger partial charge is 0.147 e. The van der Waals surface area contributed by atoms with Gasteiger partial charge in [-0.05, 0) is 0 Å². The van der Waals surface area contributed by atoms with Gasteiger partial charge in [-0.15, -0.1) is 5.10 Å². The molecule has 14 heavy (non-hydrogen) atoms. The molecule has 2 heterocycles. The Bertz CT molecular complexity index is 300. The zero-order valence-electron chi connectivity index (χ0n) is 8.26. The zero-order chi connectivity index (χ0) is 9.97. The minimum Gasteiger partial charge on any atom is -0.350 e. The van der Waals surface area contributed by atoms with Gasteiger partial charge in [0.1, 0.15) is 5.82 Å². The Labute approximate surface area is 87.6 Å². The van der Waals surface area contributed by atoms with Gasteiger partial charge >= 0.3 is 0 Å². The van der Waals surface area contributed by atoms with Crippen molar-refractivity contribution >= 4 is 17.6 Å². The van der Waals surface area contributed by atoms with Gasteiger partial charge in [0.2, 0.25) is 0 Å². The van der Waals surface area contributed by atoms with Crippen LogP contribution < -0.4 is 10.6 Å². The number of rotatable bonds is 2. The lowest BCUT2D eigenvalue weighted by Gasteiger charge is -2.35. The first-order valence-corrected chi connectivity index (χ1v) is 5.87. The van der Waals surface area contributed by atoms with Crippen molar-refractivity contribution in [3.8, 4) is 0 Å². The van der Waals surface area contributed by atoms with Crippen molar-refractivity contribution in [1.29, 1.82) is 0 Å². The van der Waals surface area contributed by atoms with Gasteiger partial charge in [0.15, 0.2) is 0 Å². The summed E-state index contributed by atoms with van der Waals surface area (Å²) in [4.78, 5) is 2.30. The third kappa shape index (κ3) is 1.72. The Hall–Kier alpha value is -0.750. The second kappa shape index (κ2) is 4.18. The minimum atomic E-state index is 0.422. The third-order valence-corrected chi connectivity index (χ3v) is 3.58. The molecule has 6 heteroatoms. The Kier molecular flexibility index (Phi) is 2.93. The van der Waals surface area contributed by atoms with Gasteiger partial charge in [-0.25, -0.2) is 4.68 Å². The van der Waals surface area contributed by atoms with Gasteiger partial charge in [0.25, 0.3) is 0 Å². The van der Waals surface area contributed by atoms with Gasteiger partial charge in [-0.2, -0.15) is 11.8 Å². The summed E-state index contributed by atoms with van der Waals surface area (Å²) < 4.78 is 1.80. The molecule has 1 fully saturated rings. The summed E-state index contributed by atoms with van der Waals surface area (Å²) >= 11 is 1.96. The van der Waals surface area contributed by atoms with Crippen molar-refractivity contribution in [2.24, 2.45) is 12.8 Å². The molecule has 2 rings (SSSR count). The molecule has 1 aromatic rings. The average molecular weight is 213 g/mol. The first-order chi connectivity index (χ1) is 6.83. The second-order valence-electron chi connectivity index (χ2n) is 3.37. The first kappa shape index (κ1) is 9.79. The molecule has 0 radical (unpaired) electrons. The van der Waals surface area contributed by atoms with E-state index in [1.807, 2.05) is 18.8 Å². The van der Waals surface area contributed by atoms with Gasteiger partial charge < -0.3 is 10.6 Å². The highest BCUT2D eigenvalue weighted by Crippen LogP contribution is 2.21. The second-order valence-corrected chi connectivity index (χ2v) is 4.52. The molecule has 1 aromatic heterocycles. The Morgan fingerprint density at radius 1 is 1.71 bits per heavy atom. The summed E-state index contributed by atoms with van der Waals surface area (Å²) in [5.74, 6) is 3.32. The lowest BCUT2D eigenvalue weighted by Crippen LogP contribution is -2.47. The van der Waals surface area contributed by atoms with Crippen molar-refractivity contribution in [3.63, 3.8) is 0 Å². The van der Waals surface area contributed by atoms with Crippen LogP contribution in [-0.4, -0.2) is 45.6 Å². The van der Waals surface area contributed by atoms with Gasteiger partial charge in [0, 0.05) is 31.6 Å². The standard InChI is InChI=1S/C8H15N5S/c1-12-8(5-10-11-12)13-2-3-14-6-7(13)4-9/h5,7H,2-4,6,9H2,1H3. The van der Waals surface area contributed by atoms with Crippen molar-refractivity contribution in [1.82, 2.24) is 15.0 Å². The van der Waals surface area contributed by atoms with Crippen LogP contribution in [0.5, 0.6) is 0 Å². The molecule has 2 N–H and O–H groups in total. The number of hydrogen-bond acceptors (Lipinski definition) is 5. The molecule has 78 valence electrons. The van der Waals surface area contributed by atoms with E-state index in [9.17, 15) is 0 Å². The lowest BCUT2D eigenvalue weighted by atomic mass is 10.3. The maximum Gasteiger partial charge on any atom is 0.147 e. The normalized spacial score (nSPS) is 22.7. The van der Waals surface area contributed by atoms with E-state index >= 15 is 0 Å². The number of nitrogens with two attached hydrogens (primary N) is 1. The number of hydrogen-bond donors (Lipinski definition) is 1. The molecule has 0 aliphatic carbocycles. The average Bonchev–Trinajstić information content (AvgIpc) is 2.64. The largest absolute Gasteiger partial charge is 0.350 e. The Morgan fingerprint density at radius 2 is 2.57 bits per heavy atom. The van der Waals surface area contributed by atoms with Crippen molar-refractivity contribution in [2.75, 3.05) is 29.5 Å². The number of aromatic nitrogens is 3. The molecule has 0 spiro atoms. The van der Waals surface area contributed by atoms with Crippen molar-refractivity contribution in [3.05, 3.63) is 6.20 Å². The summed E-state index contributed by atoms with van der Waals surface area (Å²) in [7, 11) is 1.91. The topological polar surface area (TPSA) is 60.0 Å². The summed E-state index contributed by atoms with van der Waals surface area (Å²) in [6.07, 6.45) is 1.80. The highest BCUT2D eigenvalue weighted by molar-refractivity contribution is 7.99. The number of anilines is 1. The van der Waals surface area contributed by atoms with Crippen LogP contribution in [-0.2, 0) is 7.05 Å². The first-order valence-electron chi connectivity index (χ1n) is 4.72. The molecular formula is C8H15N5S. The van der Waals surface area contributed by atoms with E-state index in [-0.39, 0.29) is 0 Å². The van der Waals surface area contributed by atoms with Gasteiger partial charge in [-0.3, -0.25) is 0 Å². The maximum atomic E-state index is 5.74. The van der Waals surface area contributed by atoms with Crippen LogP contribution in [0.25, 0.3) is 0 Å². The fourth-order valence-electron chi connectivity index (χ4n) is 1.70. The van der Waals surface area contributed by atoms with Crippen LogP contribution in [0, 0.1) is 0 Å². The fraction of sp³-hybridized carbons (Fsp3) is 0.750. The molecule has 1 saturated heterocycles. The van der Waals surface area contributed by atoms with Crippen LogP contribution >= 0.6 is 11.8 Å². The molecule has 0 aromatic carbocycles. The van der Waals surface area contributed by atoms with E-state index in [2.05, 4.69) is 15.2 Å². The summed E-state index contributed by atoms with van der Waals surface area (Å²) in [5, 5.41) is 7.83. The van der Waals surface area contributed by atoms with E-state index in [4.69, 9.17) is 5.73 Å². The van der Waals surface area contributed by atoms with E-state index < -0.39 is 0 Å². The minimum absolute atomic E-state index is 0.422. The van der Waals surface area contributed by atoms with Crippen molar-refractivity contribution in [2.45, 2.75) is 6.04 Å². The maximum absolute atomic E-state index is 5.74. The summed E-state index contributed by atoms with van der Waals surface area (Å²) in [5.41, 5.74) is 5.74. The van der Waals surface area contributed by atoms with Crippen LogP contribution in [0.15, 0.2) is 6.20 Å². The highest BCUT2D eigenvalue weighted by Gasteiger charge is 2.23. The monoisotopic (exact) mass is 213 g/mol. The van der Waals surface area contributed by atoms with Crippen molar-refractivity contribution < 1.29 is 0 Å². The Morgan fingerprint density at radius 3 is 3.21 bits per heavy atom. The molecule has 1 aliphatic heterocycles. The molecule has 0 amide bonds.